The van der Waals surface area contributed by atoms with E-state index in [0.29, 0.717) is 24.6 Å². The molecule has 3 heterocycles. The molecule has 3 amide bonds. The minimum absolute atomic E-state index is 0.00505. The predicted octanol–water partition coefficient (Wildman–Crippen LogP) is 1.03. The molecule has 0 aliphatic carbocycles. The number of aromatic nitrogens is 2. The maximum Gasteiger partial charge on any atom is 0.274 e. The van der Waals surface area contributed by atoms with Crippen molar-refractivity contribution < 1.29 is 14.4 Å². The number of aryl methyl sites for hydroxylation is 1. The van der Waals surface area contributed by atoms with Crippen LogP contribution in [0, 0.1) is 11.8 Å². The van der Waals surface area contributed by atoms with Crippen LogP contribution in [0.3, 0.4) is 0 Å². The fraction of sp³-hybridized carbons (Fsp3) is 0.700. The van der Waals surface area contributed by atoms with Crippen molar-refractivity contribution in [3.05, 3.63) is 18.2 Å². The highest BCUT2D eigenvalue weighted by Gasteiger charge is 2.50. The maximum atomic E-state index is 13.0. The van der Waals surface area contributed by atoms with E-state index in [2.05, 4.69) is 24.1 Å². The molecule has 3 rings (SSSR count). The Hall–Kier alpha value is -2.38. The van der Waals surface area contributed by atoms with Gasteiger partial charge in [0.2, 0.25) is 11.8 Å². The van der Waals surface area contributed by atoms with Crippen molar-refractivity contribution in [1.82, 2.24) is 24.7 Å². The van der Waals surface area contributed by atoms with Crippen molar-refractivity contribution in [1.29, 1.82) is 0 Å². The molecular weight excluding hydrogens is 358 g/mol. The number of nitrogens with zero attached hydrogens (tertiary/aromatic N) is 4. The molecule has 0 radical (unpaired) electrons. The lowest BCUT2D eigenvalue weighted by Gasteiger charge is -2.40. The van der Waals surface area contributed by atoms with Crippen LogP contribution in [-0.2, 0) is 16.6 Å². The van der Waals surface area contributed by atoms with Gasteiger partial charge in [0.05, 0.1) is 18.3 Å². The number of hydrogen-bond donors (Lipinski definition) is 1. The Bertz CT molecular complexity index is 757. The van der Waals surface area contributed by atoms with Crippen molar-refractivity contribution >= 4 is 17.7 Å². The van der Waals surface area contributed by atoms with Gasteiger partial charge < -0.3 is 19.7 Å². The number of carbonyl (C=O) groups excluding carboxylic acids is 3. The molecule has 3 atom stereocenters. The van der Waals surface area contributed by atoms with Crippen LogP contribution in [0.5, 0.6) is 0 Å². The fourth-order valence-electron chi connectivity index (χ4n) is 4.42. The van der Waals surface area contributed by atoms with Gasteiger partial charge in [-0.15, -0.1) is 0 Å². The van der Waals surface area contributed by atoms with Crippen LogP contribution in [0.1, 0.15) is 51.0 Å². The fourth-order valence-corrected chi connectivity index (χ4v) is 4.42. The van der Waals surface area contributed by atoms with E-state index in [1.807, 2.05) is 18.7 Å². The van der Waals surface area contributed by atoms with E-state index in [4.69, 9.17) is 0 Å². The van der Waals surface area contributed by atoms with Gasteiger partial charge in [-0.1, -0.05) is 13.8 Å². The second-order valence-corrected chi connectivity index (χ2v) is 8.77. The van der Waals surface area contributed by atoms with Gasteiger partial charge in [0.1, 0.15) is 12.2 Å². The van der Waals surface area contributed by atoms with Crippen molar-refractivity contribution in [2.75, 3.05) is 13.1 Å². The van der Waals surface area contributed by atoms with Crippen LogP contribution in [-0.4, -0.2) is 68.3 Å². The number of rotatable bonds is 5. The smallest absolute Gasteiger partial charge is 0.274 e. The summed E-state index contributed by atoms with van der Waals surface area (Å²) < 4.78 is 1.71. The van der Waals surface area contributed by atoms with Crippen LogP contribution in [0.15, 0.2) is 12.5 Å². The van der Waals surface area contributed by atoms with Gasteiger partial charge in [0.15, 0.2) is 0 Å². The van der Waals surface area contributed by atoms with Crippen LogP contribution in [0.4, 0.5) is 0 Å². The quantitative estimate of drug-likeness (QED) is 0.815. The summed E-state index contributed by atoms with van der Waals surface area (Å²) in [4.78, 5) is 46.1. The van der Waals surface area contributed by atoms with Gasteiger partial charge in [0, 0.05) is 31.9 Å². The van der Waals surface area contributed by atoms with Crippen molar-refractivity contribution in [3.8, 4) is 0 Å². The summed E-state index contributed by atoms with van der Waals surface area (Å²) in [5.41, 5.74) is 0.342. The summed E-state index contributed by atoms with van der Waals surface area (Å²) in [6, 6.07) is -0.174. The van der Waals surface area contributed by atoms with E-state index in [1.165, 1.54) is 0 Å². The zero-order valence-corrected chi connectivity index (χ0v) is 17.4. The summed E-state index contributed by atoms with van der Waals surface area (Å²) in [6.45, 7) is 8.58. The molecule has 2 fully saturated rings. The van der Waals surface area contributed by atoms with Crippen LogP contribution in [0.25, 0.3) is 0 Å². The molecule has 2 aliphatic heterocycles. The third kappa shape index (κ3) is 4.05. The van der Waals surface area contributed by atoms with Gasteiger partial charge in [0.25, 0.3) is 5.91 Å². The van der Waals surface area contributed by atoms with E-state index in [0.717, 1.165) is 6.42 Å². The summed E-state index contributed by atoms with van der Waals surface area (Å²) in [5, 5.41) is 3.00. The van der Waals surface area contributed by atoms with E-state index >= 15 is 0 Å². The lowest BCUT2D eigenvalue weighted by molar-refractivity contribution is -0.140. The molecule has 28 heavy (non-hydrogen) atoms. The number of hydrogen-bond acceptors (Lipinski definition) is 4. The predicted molar refractivity (Wildman–Crippen MR) is 104 cm³/mol. The molecule has 0 bridgehead atoms. The highest BCUT2D eigenvalue weighted by molar-refractivity contribution is 5.96. The lowest BCUT2D eigenvalue weighted by Crippen LogP contribution is -2.58. The number of imidazole rings is 1. The third-order valence-corrected chi connectivity index (χ3v) is 5.48. The average molecular weight is 390 g/mol. The van der Waals surface area contributed by atoms with E-state index in [9.17, 15) is 14.4 Å². The van der Waals surface area contributed by atoms with Crippen molar-refractivity contribution in [2.45, 2.75) is 58.7 Å². The Kier molecular flexibility index (Phi) is 5.76. The number of amides is 3. The van der Waals surface area contributed by atoms with Crippen LogP contribution in [0.2, 0.25) is 0 Å². The topological polar surface area (TPSA) is 87.5 Å². The van der Waals surface area contributed by atoms with Gasteiger partial charge >= 0.3 is 0 Å². The number of carbonyl (C=O) groups is 3. The largest absolute Gasteiger partial charge is 0.354 e. The van der Waals surface area contributed by atoms with E-state index < -0.39 is 0 Å². The molecule has 0 spiro atoms. The molecule has 8 nitrogen and oxygen atoms in total. The van der Waals surface area contributed by atoms with Crippen molar-refractivity contribution in [2.24, 2.45) is 18.9 Å². The minimum atomic E-state index is -0.233. The molecular formula is C20H31N5O3. The first kappa shape index (κ1) is 20.4. The molecule has 0 saturated carbocycles. The molecule has 154 valence electrons. The third-order valence-electron chi connectivity index (χ3n) is 5.48. The maximum absolute atomic E-state index is 13.0. The lowest BCUT2D eigenvalue weighted by atomic mass is 9.91. The normalized spacial score (nSPS) is 24.8. The van der Waals surface area contributed by atoms with E-state index in [1.54, 1.807) is 29.0 Å². The van der Waals surface area contributed by atoms with Gasteiger partial charge in [-0.05, 0) is 32.6 Å². The van der Waals surface area contributed by atoms with Gasteiger partial charge in [-0.3, -0.25) is 14.4 Å². The molecule has 2 aliphatic rings. The second-order valence-electron chi connectivity index (χ2n) is 8.77. The highest BCUT2D eigenvalue weighted by Crippen LogP contribution is 2.36. The molecule has 0 unspecified atom stereocenters. The van der Waals surface area contributed by atoms with Crippen molar-refractivity contribution in [3.63, 3.8) is 0 Å². The summed E-state index contributed by atoms with van der Waals surface area (Å²) in [5.74, 6) is -0.164. The monoisotopic (exact) mass is 389 g/mol. The number of nitrogens with one attached hydrogen (secondary N) is 1. The highest BCUT2D eigenvalue weighted by atomic mass is 16.2. The van der Waals surface area contributed by atoms with Gasteiger partial charge in [-0.2, -0.15) is 0 Å². The molecule has 1 N–H and O–H groups in total. The number of fused-ring (bicyclic) bond motifs is 1. The molecule has 8 heteroatoms. The summed E-state index contributed by atoms with van der Waals surface area (Å²) in [6.07, 6.45) is 4.61. The number of piperazine rings is 1. The van der Waals surface area contributed by atoms with E-state index in [-0.39, 0.29) is 48.3 Å². The minimum Gasteiger partial charge on any atom is -0.354 e. The first-order valence-electron chi connectivity index (χ1n) is 10.1. The second kappa shape index (κ2) is 7.93. The van der Waals surface area contributed by atoms with Crippen LogP contribution < -0.4 is 5.32 Å². The zero-order chi connectivity index (χ0) is 20.6. The summed E-state index contributed by atoms with van der Waals surface area (Å²) in [7, 11) is 1.80. The standard InChI is InChI=1S/C20H31N5O3/c1-12(2)6-17-15(19(27)22-13(3)4)7-14-8-24(10-18(26)25(14)17)20(28)16-9-23(5)11-21-16/h9,11-15,17H,6-8,10H2,1-5H3,(H,22,27)/t14-,15-,17-/m0/s1. The Morgan fingerprint density at radius 3 is 2.57 bits per heavy atom. The average Bonchev–Trinajstić information content (AvgIpc) is 3.17. The Labute approximate surface area is 166 Å². The Morgan fingerprint density at radius 2 is 2.00 bits per heavy atom. The SMILES string of the molecule is CC(C)C[C@H]1[C@@H](C(=O)NC(C)C)C[C@H]2CN(C(=O)c3cn(C)cn3)CC(=O)N21. The Morgan fingerprint density at radius 1 is 1.29 bits per heavy atom. The van der Waals surface area contributed by atoms with Crippen LogP contribution >= 0.6 is 0 Å². The molecule has 1 aromatic heterocycles. The zero-order valence-electron chi connectivity index (χ0n) is 17.4. The molecule has 1 aromatic rings. The molecule has 2 saturated heterocycles. The molecule has 0 aromatic carbocycles. The Balaban J connectivity index is 1.80. The summed E-state index contributed by atoms with van der Waals surface area (Å²) >= 11 is 0. The first-order chi connectivity index (χ1) is 13.2. The first-order valence-corrected chi connectivity index (χ1v) is 10.1. The van der Waals surface area contributed by atoms with Gasteiger partial charge in [-0.25, -0.2) is 4.98 Å².